The minimum atomic E-state index is -0.682. The van der Waals surface area contributed by atoms with Gasteiger partial charge in [0.25, 0.3) is 5.91 Å². The van der Waals surface area contributed by atoms with Crippen molar-refractivity contribution in [2.75, 3.05) is 34.5 Å². The number of aryl methyl sites for hydroxylation is 4. The normalized spacial score (nSPS) is 15.6. The molecule has 13 nitrogen and oxygen atoms in total. The first kappa shape index (κ1) is 43.7. The van der Waals surface area contributed by atoms with Gasteiger partial charge in [0.2, 0.25) is 0 Å². The van der Waals surface area contributed by atoms with E-state index < -0.39 is 29.7 Å². The third-order valence-electron chi connectivity index (χ3n) is 11.7. The fraction of sp³-hybridized carbons (Fsp3) is 0.489. The molecule has 0 spiro atoms. The molecule has 58 heavy (non-hydrogen) atoms. The molecule has 13 heteroatoms. The number of amides is 1. The molecule has 3 aromatic rings. The Morgan fingerprint density at radius 2 is 1.38 bits per heavy atom. The Labute approximate surface area is 339 Å². The highest BCUT2D eigenvalue weighted by Crippen LogP contribution is 2.45. The summed E-state index contributed by atoms with van der Waals surface area (Å²) in [7, 11) is 4.15. The van der Waals surface area contributed by atoms with Crippen LogP contribution in [0.1, 0.15) is 123 Å². The summed E-state index contributed by atoms with van der Waals surface area (Å²) < 4.78 is 15.4. The van der Waals surface area contributed by atoms with Crippen molar-refractivity contribution in [2.45, 2.75) is 105 Å². The Balaban J connectivity index is 1.80. The van der Waals surface area contributed by atoms with Crippen molar-refractivity contribution in [1.82, 2.24) is 25.3 Å². The standard InChI is InChI=1S/C45H57N5O8/c1-11-30-23(3)33-20-35-25(5)40(27(7)45(55)58-10)42(49-35)32(19-39(53)57-9)43-41(44(54)46-17-15-28(51)13-14-29(52)16-18-56-8)26(6)36(50-43)22-38-31(12-2)24(4)34(48-38)21-37(30)47-33/h20-22,25,27,40,47-48H,11-19H2,1-10H3,(H,46,54). The number of aromatic nitrogens is 4. The maximum atomic E-state index is 14.4. The van der Waals surface area contributed by atoms with Gasteiger partial charge in [-0.05, 0) is 79.6 Å². The number of rotatable bonds is 16. The van der Waals surface area contributed by atoms with Crippen molar-refractivity contribution in [3.05, 3.63) is 68.8 Å². The first-order valence-corrected chi connectivity index (χ1v) is 20.1. The zero-order valence-corrected chi connectivity index (χ0v) is 35.5. The van der Waals surface area contributed by atoms with E-state index in [0.29, 0.717) is 34.8 Å². The van der Waals surface area contributed by atoms with Crippen LogP contribution < -0.4 is 5.32 Å². The van der Waals surface area contributed by atoms with Crippen LogP contribution in [0.5, 0.6) is 0 Å². The number of aromatic amines is 2. The molecule has 0 saturated heterocycles. The molecule has 2 aliphatic rings. The van der Waals surface area contributed by atoms with E-state index in [1.54, 1.807) is 6.92 Å². The summed E-state index contributed by atoms with van der Waals surface area (Å²) in [6, 6.07) is 6.07. The number of ketones is 2. The number of esters is 2. The Kier molecular flexibility index (Phi) is 14.2. The van der Waals surface area contributed by atoms with Crippen molar-refractivity contribution < 1.29 is 38.2 Å². The van der Waals surface area contributed by atoms with Gasteiger partial charge in [-0.1, -0.05) is 27.7 Å². The fourth-order valence-corrected chi connectivity index (χ4v) is 8.27. The van der Waals surface area contributed by atoms with E-state index in [9.17, 15) is 24.0 Å². The minimum absolute atomic E-state index is 0.0261. The second-order valence-corrected chi connectivity index (χ2v) is 15.2. The molecule has 3 aromatic heterocycles. The third kappa shape index (κ3) is 8.99. The van der Waals surface area contributed by atoms with Crippen LogP contribution in [0.4, 0.5) is 0 Å². The van der Waals surface area contributed by atoms with Crippen molar-refractivity contribution in [3.8, 4) is 0 Å². The Hall–Kier alpha value is -5.43. The quantitative estimate of drug-likeness (QED) is 0.130. The molecule has 3 unspecified atom stereocenters. The van der Waals surface area contributed by atoms with Crippen LogP contribution in [0.3, 0.4) is 0 Å². The van der Waals surface area contributed by atoms with E-state index in [0.717, 1.165) is 51.6 Å². The van der Waals surface area contributed by atoms with Gasteiger partial charge >= 0.3 is 11.9 Å². The van der Waals surface area contributed by atoms with Gasteiger partial charge in [-0.2, -0.15) is 0 Å². The Morgan fingerprint density at radius 1 is 0.776 bits per heavy atom. The van der Waals surface area contributed by atoms with Crippen LogP contribution in [0.15, 0.2) is 18.2 Å². The van der Waals surface area contributed by atoms with Crippen LogP contribution in [0, 0.1) is 19.8 Å². The summed E-state index contributed by atoms with van der Waals surface area (Å²) in [6.07, 6.45) is 1.70. The van der Waals surface area contributed by atoms with Gasteiger partial charge in [0.05, 0.1) is 55.8 Å². The molecule has 0 fully saturated rings. The van der Waals surface area contributed by atoms with Gasteiger partial charge in [-0.3, -0.25) is 29.0 Å². The number of methoxy groups -OCH3 is 3. The number of nitrogens with zero attached hydrogens (tertiary/aromatic N) is 2. The van der Waals surface area contributed by atoms with Crippen molar-refractivity contribution in [2.24, 2.45) is 5.92 Å². The summed E-state index contributed by atoms with van der Waals surface area (Å²) >= 11 is 0. The van der Waals surface area contributed by atoms with Gasteiger partial charge in [-0.15, -0.1) is 0 Å². The maximum Gasteiger partial charge on any atom is 0.310 e. The van der Waals surface area contributed by atoms with E-state index >= 15 is 0 Å². The van der Waals surface area contributed by atoms with Crippen LogP contribution in [-0.2, 0) is 57.4 Å². The number of hydrogen-bond acceptors (Lipinski definition) is 10. The highest BCUT2D eigenvalue weighted by atomic mass is 16.5. The summed E-state index contributed by atoms with van der Waals surface area (Å²) in [4.78, 5) is 83.5. The average molecular weight is 796 g/mol. The molecular formula is C45H57N5O8. The summed E-state index contributed by atoms with van der Waals surface area (Å²) in [5.41, 5.74) is 11.1. The van der Waals surface area contributed by atoms with Crippen molar-refractivity contribution in [3.63, 3.8) is 0 Å². The van der Waals surface area contributed by atoms with Crippen molar-refractivity contribution in [1.29, 1.82) is 0 Å². The first-order chi connectivity index (χ1) is 27.7. The van der Waals surface area contributed by atoms with E-state index in [2.05, 4.69) is 49.0 Å². The molecule has 0 aromatic carbocycles. The molecule has 5 heterocycles. The first-order valence-electron chi connectivity index (χ1n) is 20.1. The van der Waals surface area contributed by atoms with Crippen molar-refractivity contribution >= 4 is 62.6 Å². The second kappa shape index (κ2) is 18.9. The minimum Gasteiger partial charge on any atom is -0.469 e. The number of ether oxygens (including phenoxy) is 3. The highest BCUT2D eigenvalue weighted by molar-refractivity contribution is 6.27. The predicted octanol–water partition coefficient (Wildman–Crippen LogP) is 6.86. The van der Waals surface area contributed by atoms with Gasteiger partial charge in [0.1, 0.15) is 11.6 Å². The number of H-pyrrole nitrogens is 2. The van der Waals surface area contributed by atoms with Gasteiger partial charge < -0.3 is 29.5 Å². The highest BCUT2D eigenvalue weighted by Gasteiger charge is 2.41. The van der Waals surface area contributed by atoms with E-state index in [1.807, 2.05) is 26.0 Å². The predicted molar refractivity (Wildman–Crippen MR) is 223 cm³/mol. The topological polar surface area (TPSA) is 182 Å². The SMILES string of the molecule is CCc1c(C)c2cc3[nH]c(cc4nc(c(CC(=O)OC)c5nc(cc1[nH]2)C(C)=C5C(=O)NCCC(=O)CCC(=O)CCOC)C(C(C)C(=O)OC)C4C)c(C)c3CC. The summed E-state index contributed by atoms with van der Waals surface area (Å²) in [5, 5.41) is 2.90. The Bertz CT molecular complexity index is 2320. The Morgan fingerprint density at radius 3 is 1.97 bits per heavy atom. The monoisotopic (exact) mass is 795 g/mol. The molecule has 0 aliphatic carbocycles. The van der Waals surface area contributed by atoms with E-state index in [-0.39, 0.29) is 67.4 Å². The van der Waals surface area contributed by atoms with Gasteiger partial charge in [0.15, 0.2) is 0 Å². The molecule has 0 saturated carbocycles. The van der Waals surface area contributed by atoms with E-state index in [4.69, 9.17) is 24.2 Å². The molecule has 3 atom stereocenters. The number of carbonyl (C=O) groups is 5. The van der Waals surface area contributed by atoms with Crippen LogP contribution >= 0.6 is 0 Å². The summed E-state index contributed by atoms with van der Waals surface area (Å²) in [5.74, 6) is -3.26. The average Bonchev–Trinajstić information content (AvgIpc) is 3.90. The fourth-order valence-electron chi connectivity index (χ4n) is 8.27. The molecule has 3 N–H and O–H groups in total. The van der Waals surface area contributed by atoms with Crippen LogP contribution in [0.2, 0.25) is 0 Å². The van der Waals surface area contributed by atoms with E-state index in [1.165, 1.54) is 26.9 Å². The van der Waals surface area contributed by atoms with Gasteiger partial charge in [0, 0.05) is 84.5 Å². The molecule has 5 rings (SSSR count). The molecule has 8 bridgehead atoms. The molecular weight excluding hydrogens is 739 g/mol. The lowest BCUT2D eigenvalue weighted by atomic mass is 9.79. The van der Waals surface area contributed by atoms with Crippen LogP contribution in [-0.4, -0.2) is 83.8 Å². The number of nitrogens with one attached hydrogen (secondary N) is 3. The molecule has 310 valence electrons. The second-order valence-electron chi connectivity index (χ2n) is 15.2. The number of allylic oxidation sites excluding steroid dienone is 1. The number of fused-ring (bicyclic) bond motifs is 8. The number of carbonyl (C=O) groups excluding carboxylic acids is 5. The lowest BCUT2D eigenvalue weighted by Crippen LogP contribution is -2.28. The number of hydrogen-bond donors (Lipinski definition) is 3. The zero-order valence-electron chi connectivity index (χ0n) is 35.5. The number of Topliss-reactive ketones (excluding diaryl/α,β-unsaturated/α-hetero) is 2. The smallest absolute Gasteiger partial charge is 0.310 e. The largest absolute Gasteiger partial charge is 0.469 e. The van der Waals surface area contributed by atoms with Gasteiger partial charge in [-0.25, -0.2) is 4.98 Å². The molecule has 1 amide bonds. The summed E-state index contributed by atoms with van der Waals surface area (Å²) in [6.45, 7) is 14.3. The maximum absolute atomic E-state index is 14.4. The lowest BCUT2D eigenvalue weighted by Gasteiger charge is -2.23. The molecule has 2 aliphatic heterocycles. The zero-order chi connectivity index (χ0) is 42.4. The molecule has 0 radical (unpaired) electrons. The lowest BCUT2D eigenvalue weighted by molar-refractivity contribution is -0.145. The third-order valence-corrected chi connectivity index (χ3v) is 11.7. The van der Waals surface area contributed by atoms with Crippen LogP contribution in [0.25, 0.3) is 33.2 Å².